The summed E-state index contributed by atoms with van der Waals surface area (Å²) in [5, 5.41) is 13.5. The SMILES string of the molecule is CCCCCCCCCCC(C)C(O)CNCCN(C)CCN. The van der Waals surface area contributed by atoms with Gasteiger partial charge in [0, 0.05) is 32.7 Å². The minimum absolute atomic E-state index is 0.223. The van der Waals surface area contributed by atoms with Gasteiger partial charge in [-0.2, -0.15) is 0 Å². The van der Waals surface area contributed by atoms with Crippen LogP contribution in [0.3, 0.4) is 0 Å². The van der Waals surface area contributed by atoms with Gasteiger partial charge in [-0.1, -0.05) is 65.2 Å². The topological polar surface area (TPSA) is 61.5 Å². The Morgan fingerprint density at radius 2 is 1.61 bits per heavy atom. The molecule has 0 aromatic heterocycles. The first-order valence-corrected chi connectivity index (χ1v) is 9.89. The van der Waals surface area contributed by atoms with E-state index in [1.54, 1.807) is 0 Å². The second-order valence-corrected chi connectivity index (χ2v) is 7.10. The lowest BCUT2D eigenvalue weighted by Crippen LogP contribution is -2.37. The predicted octanol–water partition coefficient (Wildman–Crippen LogP) is 2.99. The minimum atomic E-state index is -0.223. The lowest BCUT2D eigenvalue weighted by atomic mass is 9.96. The van der Waals surface area contributed by atoms with Gasteiger partial charge in [0.2, 0.25) is 0 Å². The van der Waals surface area contributed by atoms with Crippen molar-refractivity contribution < 1.29 is 5.11 Å². The number of hydrogen-bond acceptors (Lipinski definition) is 4. The summed E-state index contributed by atoms with van der Waals surface area (Å²) in [6.45, 7) is 8.67. The third kappa shape index (κ3) is 15.1. The Balaban J connectivity index is 3.43. The molecule has 4 heteroatoms. The molecule has 2 atom stereocenters. The van der Waals surface area contributed by atoms with E-state index < -0.39 is 0 Å². The predicted molar refractivity (Wildman–Crippen MR) is 102 cm³/mol. The lowest BCUT2D eigenvalue weighted by Gasteiger charge is -2.21. The van der Waals surface area contributed by atoms with E-state index in [0.717, 1.165) is 26.1 Å². The average Bonchev–Trinajstić information content (AvgIpc) is 2.54. The molecule has 0 saturated carbocycles. The van der Waals surface area contributed by atoms with E-state index in [2.05, 4.69) is 31.1 Å². The van der Waals surface area contributed by atoms with Gasteiger partial charge in [0.15, 0.2) is 0 Å². The van der Waals surface area contributed by atoms with Gasteiger partial charge in [0.25, 0.3) is 0 Å². The summed E-state index contributed by atoms with van der Waals surface area (Å²) in [7, 11) is 2.08. The van der Waals surface area contributed by atoms with E-state index in [1.165, 1.54) is 51.4 Å². The quantitative estimate of drug-likeness (QED) is 0.359. The highest BCUT2D eigenvalue weighted by atomic mass is 16.3. The van der Waals surface area contributed by atoms with Crippen molar-refractivity contribution in [1.29, 1.82) is 0 Å². The second-order valence-electron chi connectivity index (χ2n) is 7.10. The maximum absolute atomic E-state index is 10.2. The number of nitrogens with two attached hydrogens (primary N) is 1. The molecule has 0 aliphatic heterocycles. The molecule has 0 aliphatic rings. The van der Waals surface area contributed by atoms with Crippen LogP contribution in [0.2, 0.25) is 0 Å². The van der Waals surface area contributed by atoms with Crippen molar-refractivity contribution in [2.45, 2.75) is 77.7 Å². The van der Waals surface area contributed by atoms with Gasteiger partial charge in [-0.15, -0.1) is 0 Å². The van der Waals surface area contributed by atoms with Gasteiger partial charge in [-0.3, -0.25) is 0 Å². The molecule has 0 aromatic rings. The number of rotatable bonds is 17. The van der Waals surface area contributed by atoms with Gasteiger partial charge < -0.3 is 21.1 Å². The Hall–Kier alpha value is -0.160. The highest BCUT2D eigenvalue weighted by Gasteiger charge is 2.13. The zero-order chi connectivity index (χ0) is 17.3. The molecule has 4 N–H and O–H groups in total. The molecular formula is C19H43N3O. The molecule has 0 spiro atoms. The highest BCUT2D eigenvalue weighted by molar-refractivity contribution is 4.68. The lowest BCUT2D eigenvalue weighted by molar-refractivity contribution is 0.108. The Bertz CT molecular complexity index is 239. The molecule has 0 bridgehead atoms. The average molecular weight is 330 g/mol. The number of nitrogens with one attached hydrogen (secondary N) is 1. The fourth-order valence-corrected chi connectivity index (χ4v) is 2.85. The smallest absolute Gasteiger partial charge is 0.0690 e. The largest absolute Gasteiger partial charge is 0.392 e. The van der Waals surface area contributed by atoms with Gasteiger partial charge >= 0.3 is 0 Å². The molecule has 0 radical (unpaired) electrons. The molecule has 23 heavy (non-hydrogen) atoms. The van der Waals surface area contributed by atoms with E-state index in [-0.39, 0.29) is 6.10 Å². The van der Waals surface area contributed by atoms with Crippen LogP contribution in [0, 0.1) is 5.92 Å². The van der Waals surface area contributed by atoms with Crippen LogP contribution in [-0.2, 0) is 0 Å². The fourth-order valence-electron chi connectivity index (χ4n) is 2.85. The third-order valence-electron chi connectivity index (χ3n) is 4.70. The summed E-state index contributed by atoms with van der Waals surface area (Å²) in [5.41, 5.74) is 5.52. The van der Waals surface area contributed by atoms with Crippen LogP contribution in [0.25, 0.3) is 0 Å². The Morgan fingerprint density at radius 3 is 2.22 bits per heavy atom. The number of aliphatic hydroxyl groups excluding tert-OH is 1. The van der Waals surface area contributed by atoms with Gasteiger partial charge in [0.1, 0.15) is 0 Å². The Kier molecular flexibility index (Phi) is 16.6. The van der Waals surface area contributed by atoms with E-state index >= 15 is 0 Å². The Morgan fingerprint density at radius 1 is 1.00 bits per heavy atom. The first-order valence-electron chi connectivity index (χ1n) is 9.89. The molecule has 2 unspecified atom stereocenters. The molecule has 4 nitrogen and oxygen atoms in total. The summed E-state index contributed by atoms with van der Waals surface area (Å²) in [5.74, 6) is 0.393. The van der Waals surface area contributed by atoms with Crippen molar-refractivity contribution in [1.82, 2.24) is 10.2 Å². The van der Waals surface area contributed by atoms with Crippen molar-refractivity contribution in [2.24, 2.45) is 11.7 Å². The number of nitrogens with zero attached hydrogens (tertiary/aromatic N) is 1. The highest BCUT2D eigenvalue weighted by Crippen LogP contribution is 2.15. The standard InChI is InChI=1S/C19H43N3O/c1-4-5-6-7-8-9-10-11-12-18(2)19(23)17-21-14-16-22(3)15-13-20/h18-19,21,23H,4-17,20H2,1-3H3. The van der Waals surface area contributed by atoms with Crippen molar-refractivity contribution >= 4 is 0 Å². The fraction of sp³-hybridized carbons (Fsp3) is 1.00. The zero-order valence-electron chi connectivity index (χ0n) is 16.0. The van der Waals surface area contributed by atoms with Crippen molar-refractivity contribution in [3.8, 4) is 0 Å². The molecule has 0 aromatic carbocycles. The van der Waals surface area contributed by atoms with E-state index in [9.17, 15) is 5.11 Å². The minimum Gasteiger partial charge on any atom is -0.392 e. The van der Waals surface area contributed by atoms with Crippen LogP contribution in [-0.4, -0.2) is 55.9 Å². The first kappa shape index (κ1) is 22.8. The number of unbranched alkanes of at least 4 members (excludes halogenated alkanes) is 7. The first-order chi connectivity index (χ1) is 11.1. The number of hydrogen-bond donors (Lipinski definition) is 3. The van der Waals surface area contributed by atoms with Gasteiger partial charge in [-0.05, 0) is 19.4 Å². The van der Waals surface area contributed by atoms with Crippen LogP contribution in [0.4, 0.5) is 0 Å². The molecule has 0 rings (SSSR count). The normalized spacial score (nSPS) is 14.3. The van der Waals surface area contributed by atoms with Crippen LogP contribution < -0.4 is 11.1 Å². The van der Waals surface area contributed by atoms with E-state index in [4.69, 9.17) is 5.73 Å². The van der Waals surface area contributed by atoms with Crippen molar-refractivity contribution in [3.05, 3.63) is 0 Å². The number of aliphatic hydroxyl groups is 1. The zero-order valence-corrected chi connectivity index (χ0v) is 16.0. The maximum atomic E-state index is 10.2. The summed E-state index contributed by atoms with van der Waals surface area (Å²) >= 11 is 0. The summed E-state index contributed by atoms with van der Waals surface area (Å²) < 4.78 is 0. The van der Waals surface area contributed by atoms with Gasteiger partial charge in [0.05, 0.1) is 6.10 Å². The van der Waals surface area contributed by atoms with Crippen LogP contribution in [0.1, 0.15) is 71.6 Å². The van der Waals surface area contributed by atoms with E-state index in [0.29, 0.717) is 19.0 Å². The van der Waals surface area contributed by atoms with Crippen molar-refractivity contribution in [3.63, 3.8) is 0 Å². The maximum Gasteiger partial charge on any atom is 0.0690 e. The number of likely N-dealkylation sites (N-methyl/N-ethyl adjacent to an activating group) is 1. The summed E-state index contributed by atoms with van der Waals surface area (Å²) in [6.07, 6.45) is 11.8. The summed E-state index contributed by atoms with van der Waals surface area (Å²) in [4.78, 5) is 2.21. The molecule has 0 fully saturated rings. The van der Waals surface area contributed by atoms with Gasteiger partial charge in [-0.25, -0.2) is 0 Å². The molecule has 0 aliphatic carbocycles. The molecule has 0 saturated heterocycles. The van der Waals surface area contributed by atoms with Crippen LogP contribution >= 0.6 is 0 Å². The second kappa shape index (κ2) is 16.7. The van der Waals surface area contributed by atoms with Crippen molar-refractivity contribution in [2.75, 3.05) is 39.8 Å². The monoisotopic (exact) mass is 329 g/mol. The molecule has 0 heterocycles. The third-order valence-corrected chi connectivity index (χ3v) is 4.70. The molecular weight excluding hydrogens is 286 g/mol. The van der Waals surface area contributed by atoms with Crippen LogP contribution in [0.15, 0.2) is 0 Å². The van der Waals surface area contributed by atoms with E-state index in [1.807, 2.05) is 0 Å². The molecule has 140 valence electrons. The molecule has 0 amide bonds. The van der Waals surface area contributed by atoms with Crippen LogP contribution in [0.5, 0.6) is 0 Å². The summed E-state index contributed by atoms with van der Waals surface area (Å²) in [6, 6.07) is 0. The Labute approximate surface area is 145 Å².